The zero-order valence-electron chi connectivity index (χ0n) is 64.6. The van der Waals surface area contributed by atoms with Crippen LogP contribution in [-0.4, -0.2) is 277 Å². The van der Waals surface area contributed by atoms with E-state index in [4.69, 9.17) is 9.47 Å². The van der Waals surface area contributed by atoms with Crippen molar-refractivity contribution in [3.63, 3.8) is 0 Å². The van der Waals surface area contributed by atoms with Crippen LogP contribution in [0.2, 0.25) is 0 Å². The van der Waals surface area contributed by atoms with E-state index in [2.05, 4.69) is 16.0 Å². The van der Waals surface area contributed by atoms with Crippen LogP contribution in [0, 0.1) is 23.5 Å². The molecule has 6 rings (SSSR count). The van der Waals surface area contributed by atoms with E-state index in [0.29, 0.717) is 25.0 Å². The number of aryl methyl sites for hydroxylation is 1. The summed E-state index contributed by atoms with van der Waals surface area (Å²) >= 11 is 0. The summed E-state index contributed by atoms with van der Waals surface area (Å²) in [7, 11) is 10.5. The van der Waals surface area contributed by atoms with Gasteiger partial charge in [-0.05, 0) is 106 Å². The lowest BCUT2D eigenvalue weighted by atomic mass is 9.74. The van der Waals surface area contributed by atoms with E-state index < -0.39 is 222 Å². The van der Waals surface area contributed by atoms with E-state index in [1.54, 1.807) is 53.7 Å². The zero-order chi connectivity index (χ0) is 81.5. The van der Waals surface area contributed by atoms with Crippen LogP contribution in [0.1, 0.15) is 141 Å². The number of carbonyl (C=O) groups is 12. The Morgan fingerprint density at radius 3 is 1.85 bits per heavy atom. The van der Waals surface area contributed by atoms with Crippen molar-refractivity contribution in [3.05, 3.63) is 82.4 Å². The Bertz CT molecular complexity index is 3610. The molecule has 109 heavy (non-hydrogen) atoms. The standard InChI is InChI=1S/C75H106F8N12O14/c1-15-44(6)62-70(105)89(9)43-60(98)91(11)54-24-21-20-22-33-94(69(54)104)57(38-45-25-28-48(29-26-45)74(78,79)80)68(103)88(8)42-58(96)84-52(30-27-46-36-50(76)61(51(77)37-46)75(81,82)83)66(101)95-41-49(109-19-5)39-55(95)65(100)86-73(31-23-32-73)72(107)93(13)63(47(16-2)17-3)71(106)92(12)56(67(102)87(7)34-35-108-14)40-59(97)90(10)53(18-4)64(99)85-62/h20-21,25-26,28-29,36-37,44,47,49,52-57,62-63H,15-19,22-24,27,30-35,38-43H2,1-14H3,(H,84,96)(H,85,99)(H,86,100)/b21-20-/t44-,49+,52-,53+,54-,55-,56-,57-,62-,63-/m0/s1. The van der Waals surface area contributed by atoms with Crippen molar-refractivity contribution in [1.29, 1.82) is 0 Å². The fourth-order valence-corrected chi connectivity index (χ4v) is 14.5. The van der Waals surface area contributed by atoms with E-state index >= 15 is 37.5 Å². The Kier molecular flexibility index (Phi) is 31.6. The second-order valence-corrected chi connectivity index (χ2v) is 28.8. The molecule has 34 heteroatoms. The Hall–Kier alpha value is -8.82. The third-order valence-electron chi connectivity index (χ3n) is 21.6. The fraction of sp³-hybridized carbons (Fsp3) is 0.653. The average molecular weight is 1550 g/mol. The molecule has 4 aliphatic rings. The number of hydrogen-bond donors (Lipinski definition) is 3. The molecule has 1 aliphatic carbocycles. The molecule has 2 aromatic rings. The normalized spacial score (nSPS) is 25.1. The lowest BCUT2D eigenvalue weighted by Crippen LogP contribution is -2.68. The van der Waals surface area contributed by atoms with Crippen LogP contribution >= 0.6 is 0 Å². The van der Waals surface area contributed by atoms with Gasteiger partial charge in [0, 0.05) is 95.5 Å². The summed E-state index contributed by atoms with van der Waals surface area (Å²) in [5.74, 6) is -15.6. The number of nitrogens with one attached hydrogen (secondary N) is 3. The van der Waals surface area contributed by atoms with Gasteiger partial charge < -0.3 is 69.5 Å². The summed E-state index contributed by atoms with van der Waals surface area (Å²) in [6.07, 6.45) is -9.40. The number of methoxy groups -OCH3 is 1. The van der Waals surface area contributed by atoms with Gasteiger partial charge in [-0.15, -0.1) is 0 Å². The Balaban J connectivity index is 1.52. The van der Waals surface area contributed by atoms with E-state index in [1.165, 1.54) is 59.2 Å². The van der Waals surface area contributed by atoms with Crippen molar-refractivity contribution in [2.45, 2.75) is 204 Å². The summed E-state index contributed by atoms with van der Waals surface area (Å²) in [6.45, 7) is 8.04. The van der Waals surface area contributed by atoms with Crippen molar-refractivity contribution in [3.8, 4) is 0 Å². The summed E-state index contributed by atoms with van der Waals surface area (Å²) in [5, 5.41) is 8.19. The molecule has 3 aliphatic heterocycles. The van der Waals surface area contributed by atoms with Crippen LogP contribution in [0.15, 0.2) is 48.6 Å². The molecule has 3 fully saturated rings. The summed E-state index contributed by atoms with van der Waals surface area (Å²) in [4.78, 5) is 190. The zero-order valence-corrected chi connectivity index (χ0v) is 64.6. The van der Waals surface area contributed by atoms with Gasteiger partial charge in [0.05, 0.1) is 37.8 Å². The first-order chi connectivity index (χ1) is 51.2. The maximum atomic E-state index is 15.6. The number of ether oxygens (including phenoxy) is 2. The van der Waals surface area contributed by atoms with E-state index in [0.717, 1.165) is 65.6 Å². The maximum absolute atomic E-state index is 15.6. The number of halogens is 8. The Morgan fingerprint density at radius 2 is 1.30 bits per heavy atom. The van der Waals surface area contributed by atoms with Gasteiger partial charge in [-0.2, -0.15) is 26.3 Å². The number of hydrogen-bond acceptors (Lipinski definition) is 14. The molecule has 2 saturated heterocycles. The van der Waals surface area contributed by atoms with Crippen LogP contribution in [0.3, 0.4) is 0 Å². The lowest BCUT2D eigenvalue weighted by molar-refractivity contribution is -0.158. The summed E-state index contributed by atoms with van der Waals surface area (Å²) < 4.78 is 125. The number of fused-ring (bicyclic) bond motifs is 3. The molecule has 1 saturated carbocycles. The molecule has 26 nitrogen and oxygen atoms in total. The monoisotopic (exact) mass is 1550 g/mol. The van der Waals surface area contributed by atoms with Gasteiger partial charge in [-0.1, -0.05) is 78.2 Å². The molecule has 10 atom stereocenters. The number of benzene rings is 2. The molecule has 0 unspecified atom stereocenters. The van der Waals surface area contributed by atoms with E-state index in [9.17, 15) is 55.1 Å². The maximum Gasteiger partial charge on any atom is 0.422 e. The molecule has 606 valence electrons. The largest absolute Gasteiger partial charge is 0.422 e. The highest BCUT2D eigenvalue weighted by Gasteiger charge is 2.54. The van der Waals surface area contributed by atoms with Gasteiger partial charge in [-0.3, -0.25) is 57.5 Å². The number of carbonyl (C=O) groups excluding carboxylic acids is 12. The molecule has 0 aromatic heterocycles. The molecule has 3 N–H and O–H groups in total. The van der Waals surface area contributed by atoms with Crippen LogP contribution < -0.4 is 16.0 Å². The molecule has 3 heterocycles. The first-order valence-corrected chi connectivity index (χ1v) is 37.0. The van der Waals surface area contributed by atoms with Crippen LogP contribution in [0.25, 0.3) is 0 Å². The van der Waals surface area contributed by atoms with Gasteiger partial charge in [0.15, 0.2) is 0 Å². The number of likely N-dealkylation sites (N-methyl/N-ethyl adjacent to an activating group) is 7. The molecular weight excluding hydrogens is 1440 g/mol. The van der Waals surface area contributed by atoms with Crippen LogP contribution in [0.5, 0.6) is 0 Å². The second kappa shape index (κ2) is 38.7. The Morgan fingerprint density at radius 1 is 0.679 bits per heavy atom. The number of amides is 12. The van der Waals surface area contributed by atoms with Gasteiger partial charge in [0.25, 0.3) is 0 Å². The smallest absolute Gasteiger partial charge is 0.383 e. The SMILES string of the molecule is CCO[C@@H]1C[C@H]2C(=O)NC3(CCC3)C(=O)N(C)[C@@H](C(CC)CC)C(=O)N(C)[C@H](C(=O)N(C)CCOC)CC(=O)N(C)[C@H](CC)C(=O)N[C@@H]([C@@H](C)CC)C(=O)N(C)CC(=O)N(C)[C@H]3C/C=C\CCN(C3=O)[C@@H](Cc3ccc(C(F)(F)F)cc3)C(=O)N(C)CC(=O)N[C@@H](CCc3cc(F)c(C(F)(F)F)c(F)c3)C(=O)N2C1. The second-order valence-electron chi connectivity index (χ2n) is 28.8. The predicted octanol–water partition coefficient (Wildman–Crippen LogP) is 5.37. The fourth-order valence-electron chi connectivity index (χ4n) is 14.5. The van der Waals surface area contributed by atoms with Crippen molar-refractivity contribution < 1.29 is 102 Å². The quantitative estimate of drug-likeness (QED) is 0.133. The minimum absolute atomic E-state index is 0.00237. The minimum atomic E-state index is -5.47. The van der Waals surface area contributed by atoms with Crippen molar-refractivity contribution in [2.75, 3.05) is 102 Å². The molecule has 0 radical (unpaired) electrons. The third kappa shape index (κ3) is 21.6. The molecule has 2 aromatic carbocycles. The van der Waals surface area contributed by atoms with Crippen molar-refractivity contribution in [2.24, 2.45) is 11.8 Å². The molecule has 12 amide bonds. The highest BCUT2D eigenvalue weighted by molar-refractivity contribution is 6.01. The van der Waals surface area contributed by atoms with Crippen molar-refractivity contribution in [1.82, 2.24) is 60.0 Å². The molecule has 2 bridgehead atoms. The first-order valence-electron chi connectivity index (χ1n) is 37.0. The summed E-state index contributed by atoms with van der Waals surface area (Å²) in [6, 6.07) is -7.57. The topological polar surface area (TPSA) is 289 Å². The number of alkyl halides is 6. The van der Waals surface area contributed by atoms with Crippen molar-refractivity contribution >= 4 is 70.9 Å². The average Bonchev–Trinajstić information content (AvgIpc) is 1.58. The predicted molar refractivity (Wildman–Crippen MR) is 382 cm³/mol. The van der Waals surface area contributed by atoms with Gasteiger partial charge in [0.1, 0.15) is 71.1 Å². The molecular formula is C75H106F8N12O14. The van der Waals surface area contributed by atoms with Crippen LogP contribution in [-0.2, 0) is 92.2 Å². The minimum Gasteiger partial charge on any atom is -0.383 e. The molecule has 1 spiro atoms. The summed E-state index contributed by atoms with van der Waals surface area (Å²) in [5.41, 5.74) is -5.30. The third-order valence-corrected chi connectivity index (χ3v) is 21.6. The first kappa shape index (κ1) is 89.1. The van der Waals surface area contributed by atoms with Gasteiger partial charge >= 0.3 is 12.4 Å². The van der Waals surface area contributed by atoms with Gasteiger partial charge in [0.2, 0.25) is 70.9 Å². The highest BCUT2D eigenvalue weighted by Crippen LogP contribution is 2.38. The number of rotatable bonds is 17. The Labute approximate surface area is 631 Å². The van der Waals surface area contributed by atoms with Gasteiger partial charge in [-0.25, -0.2) is 8.78 Å². The number of nitrogens with zero attached hydrogens (tertiary/aromatic N) is 9. The van der Waals surface area contributed by atoms with Crippen LogP contribution in [0.4, 0.5) is 35.1 Å². The van der Waals surface area contributed by atoms with E-state index in [1.807, 2.05) is 0 Å². The highest BCUT2D eigenvalue weighted by atomic mass is 19.4. The van der Waals surface area contributed by atoms with E-state index in [-0.39, 0.29) is 89.8 Å². The lowest BCUT2D eigenvalue weighted by Gasteiger charge is -2.47.